The molecule has 1 aliphatic rings. The van der Waals surface area contributed by atoms with Gasteiger partial charge in [0, 0.05) is 34.1 Å². The van der Waals surface area contributed by atoms with Crippen LogP contribution in [0.5, 0.6) is 0 Å². The van der Waals surface area contributed by atoms with Crippen LogP contribution in [0.15, 0.2) is 34.7 Å². The first kappa shape index (κ1) is 25.3. The first-order valence-corrected chi connectivity index (χ1v) is 10.8. The molecule has 2 aromatic heterocycles. The molecule has 31 heavy (non-hydrogen) atoms. The summed E-state index contributed by atoms with van der Waals surface area (Å²) >= 11 is 2.97. The molecule has 0 bridgehead atoms. The average molecular weight is 472 g/mol. The van der Waals surface area contributed by atoms with E-state index in [1.165, 1.54) is 29.4 Å². The number of aryl methyl sites for hydroxylation is 1. The quantitative estimate of drug-likeness (QED) is 0.442. The van der Waals surface area contributed by atoms with Crippen molar-refractivity contribution in [3.05, 3.63) is 45.1 Å². The van der Waals surface area contributed by atoms with Gasteiger partial charge in [0.2, 0.25) is 0 Å². The first-order valence-electron chi connectivity index (χ1n) is 9.08. The van der Waals surface area contributed by atoms with Gasteiger partial charge in [-0.2, -0.15) is 11.3 Å². The fourth-order valence-corrected chi connectivity index (χ4v) is 5.06. The van der Waals surface area contributed by atoms with E-state index in [1.807, 2.05) is 29.8 Å². The summed E-state index contributed by atoms with van der Waals surface area (Å²) in [6.45, 7) is 3.48. The Kier molecular flexibility index (Phi) is 8.61. The summed E-state index contributed by atoms with van der Waals surface area (Å²) in [5.41, 5.74) is 2.37. The second-order valence-corrected chi connectivity index (χ2v) is 8.82. The number of aliphatic carboxylic acids is 1. The number of hydrogen-bond acceptors (Lipinski definition) is 6. The third-order valence-electron chi connectivity index (χ3n) is 4.78. The van der Waals surface area contributed by atoms with E-state index in [4.69, 9.17) is 0 Å². The second kappa shape index (κ2) is 10.6. The van der Waals surface area contributed by atoms with E-state index in [-0.39, 0.29) is 36.0 Å². The Balaban J connectivity index is 0.00000341. The topological polar surface area (TPSA) is 116 Å². The third kappa shape index (κ3) is 5.83. The average Bonchev–Trinajstić information content (AvgIpc) is 3.32. The van der Waals surface area contributed by atoms with Gasteiger partial charge in [-0.15, -0.1) is 11.3 Å². The Hall–Kier alpha value is -1.98. The van der Waals surface area contributed by atoms with Crippen LogP contribution in [0.25, 0.3) is 10.4 Å². The molecule has 2 aromatic rings. The number of likely N-dealkylation sites (N-methyl/N-ethyl adjacent to an activating group) is 1. The zero-order chi connectivity index (χ0) is 22.0. The van der Waals surface area contributed by atoms with Crippen molar-refractivity contribution in [1.29, 1.82) is 0 Å². The molecule has 8 nitrogen and oxygen atoms in total. The number of nitrogens with one attached hydrogen (secondary N) is 2. The summed E-state index contributed by atoms with van der Waals surface area (Å²) in [6, 6.07) is 1.00. The summed E-state index contributed by atoms with van der Waals surface area (Å²) in [4.78, 5) is 51.4. The van der Waals surface area contributed by atoms with Gasteiger partial charge in [-0.25, -0.2) is 4.79 Å². The zero-order valence-electron chi connectivity index (χ0n) is 16.6. The third-order valence-corrected chi connectivity index (χ3v) is 6.86. The number of carbonyl (C=O) groups is 4. The van der Waals surface area contributed by atoms with Gasteiger partial charge >= 0.3 is 41.6 Å². The number of nitrogens with zero attached hydrogens (tertiary/aromatic N) is 1. The van der Waals surface area contributed by atoms with E-state index < -0.39 is 35.8 Å². The Morgan fingerprint density at radius 1 is 1.29 bits per heavy atom. The van der Waals surface area contributed by atoms with Crippen LogP contribution in [0.1, 0.15) is 29.8 Å². The van der Waals surface area contributed by atoms with E-state index in [0.29, 0.717) is 10.6 Å². The van der Waals surface area contributed by atoms with Crippen molar-refractivity contribution in [3.8, 4) is 10.4 Å². The number of amides is 3. The predicted molar refractivity (Wildman–Crippen MR) is 122 cm³/mol. The molecule has 0 fully saturated rings. The summed E-state index contributed by atoms with van der Waals surface area (Å²) < 4.78 is 0. The van der Waals surface area contributed by atoms with Crippen molar-refractivity contribution in [2.75, 3.05) is 7.05 Å². The number of rotatable bonds is 6. The van der Waals surface area contributed by atoms with Crippen molar-refractivity contribution in [1.82, 2.24) is 15.5 Å². The molecule has 0 spiro atoms. The van der Waals surface area contributed by atoms with Crippen LogP contribution < -0.4 is 10.6 Å². The van der Waals surface area contributed by atoms with Crippen molar-refractivity contribution < 1.29 is 24.3 Å². The molecule has 3 amide bonds. The van der Waals surface area contributed by atoms with Crippen LogP contribution >= 0.6 is 22.7 Å². The molecule has 0 saturated carbocycles. The number of carbonyl (C=O) groups excluding carboxylic acids is 3. The van der Waals surface area contributed by atoms with Gasteiger partial charge in [0.25, 0.3) is 5.91 Å². The molecule has 3 rings (SSSR count). The molecule has 0 radical (unpaired) electrons. The second-order valence-electron chi connectivity index (χ2n) is 6.96. The molecule has 2 atom stereocenters. The minimum atomic E-state index is -1.34. The first-order chi connectivity index (χ1) is 14.2. The molecule has 3 heterocycles. The van der Waals surface area contributed by atoms with Crippen LogP contribution in [-0.2, 0) is 14.4 Å². The summed E-state index contributed by atoms with van der Waals surface area (Å²) in [6.07, 6.45) is 0.959. The molecular formula is C20H22N3NaO5S2. The van der Waals surface area contributed by atoms with Crippen LogP contribution in [0.4, 0.5) is 4.79 Å². The number of urea groups is 1. The molecule has 3 N–H and O–H groups in total. The maximum absolute atomic E-state index is 12.6. The maximum atomic E-state index is 12.6. The molecule has 1 aliphatic heterocycles. The summed E-state index contributed by atoms with van der Waals surface area (Å²) in [5, 5.41) is 18.3. The van der Waals surface area contributed by atoms with Crippen molar-refractivity contribution in [3.63, 3.8) is 0 Å². The van der Waals surface area contributed by atoms with Crippen molar-refractivity contribution in [2.24, 2.45) is 0 Å². The van der Waals surface area contributed by atoms with E-state index in [9.17, 15) is 24.3 Å². The predicted octanol–water partition coefficient (Wildman–Crippen LogP) is 2.27. The van der Waals surface area contributed by atoms with E-state index >= 15 is 0 Å². The van der Waals surface area contributed by atoms with Crippen molar-refractivity contribution >= 4 is 75.9 Å². The zero-order valence-corrected chi connectivity index (χ0v) is 18.2. The number of carboxylic acid groups (broad SMARTS) is 1. The number of allylic oxidation sites excluding steroid dienone is 1. The van der Waals surface area contributed by atoms with Gasteiger partial charge in [0.15, 0.2) is 11.8 Å². The molecular weight excluding hydrogens is 449 g/mol. The molecule has 1 unspecified atom stereocenters. The van der Waals surface area contributed by atoms with E-state index in [2.05, 4.69) is 10.6 Å². The molecule has 0 aromatic carbocycles. The summed E-state index contributed by atoms with van der Waals surface area (Å²) in [7, 11) is 1.52. The van der Waals surface area contributed by atoms with Crippen LogP contribution in [-0.4, -0.2) is 76.3 Å². The van der Waals surface area contributed by atoms with E-state index in [1.54, 1.807) is 18.3 Å². The number of ketones is 1. The Morgan fingerprint density at radius 3 is 2.61 bits per heavy atom. The Morgan fingerprint density at radius 2 is 2.00 bits per heavy atom. The number of hydrogen-bond donors (Lipinski definition) is 3. The molecule has 11 heteroatoms. The van der Waals surface area contributed by atoms with Crippen LogP contribution in [0.2, 0.25) is 0 Å². The standard InChI is InChI=1S/C20H21N3O5S2.Na.H/c1-10-6-15(12-4-5-29-9-12)30-18(10)13(8-16(25)26)21-20(28)22-17-14(24)7-11(2)23(3)19(17)27;;/h4-7,9,13,17H,8H2,1-3H3,(H,25,26)(H2,21,22,28);;/t13-,17?;;/m0../s1. The monoisotopic (exact) mass is 471 g/mol. The Labute approximate surface area is 209 Å². The van der Waals surface area contributed by atoms with Gasteiger partial charge in [0.1, 0.15) is 0 Å². The van der Waals surface area contributed by atoms with Gasteiger partial charge in [-0.3, -0.25) is 14.4 Å². The van der Waals surface area contributed by atoms with Gasteiger partial charge in [-0.05, 0) is 42.3 Å². The SMILES string of the molecule is CC1=CC(=O)C(NC(=O)N[C@@H](CC(=O)O)c2sc(-c3ccsc3)cc2C)C(=O)N1C.[NaH]. The van der Waals surface area contributed by atoms with E-state index in [0.717, 1.165) is 16.0 Å². The molecule has 160 valence electrons. The summed E-state index contributed by atoms with van der Waals surface area (Å²) in [5.74, 6) is -2.14. The van der Waals surface area contributed by atoms with Gasteiger partial charge in [-0.1, -0.05) is 0 Å². The Bertz CT molecular complexity index is 1030. The number of thiophene rings is 2. The normalized spacial score (nSPS) is 16.9. The van der Waals surface area contributed by atoms with Gasteiger partial charge < -0.3 is 20.6 Å². The van der Waals surface area contributed by atoms with Crippen LogP contribution in [0.3, 0.4) is 0 Å². The molecule has 0 saturated heterocycles. The van der Waals surface area contributed by atoms with Crippen LogP contribution in [0, 0.1) is 6.92 Å². The number of carboxylic acids is 1. The minimum absolute atomic E-state index is 0. The fourth-order valence-electron chi connectivity index (χ4n) is 3.11. The van der Waals surface area contributed by atoms with Crippen molar-refractivity contribution in [2.45, 2.75) is 32.4 Å². The molecule has 0 aliphatic carbocycles. The van der Waals surface area contributed by atoms with Gasteiger partial charge in [0.05, 0.1) is 12.5 Å². The fraction of sp³-hybridized carbons (Fsp3) is 0.300.